The zero-order valence-corrected chi connectivity index (χ0v) is 15.8. The minimum Gasteiger partial charge on any atom is -0.497 e. The van der Waals surface area contributed by atoms with E-state index in [1.54, 1.807) is 33.1 Å². The third-order valence-corrected chi connectivity index (χ3v) is 4.03. The Balaban J connectivity index is 2.15. The number of ether oxygens (including phenoxy) is 4. The summed E-state index contributed by atoms with van der Waals surface area (Å²) in [6.45, 7) is 0. The molecule has 0 N–H and O–H groups in total. The Hall–Kier alpha value is -2.87. The van der Waals surface area contributed by atoms with Crippen molar-refractivity contribution in [3.05, 3.63) is 36.4 Å². The molecule has 136 valence electrons. The van der Waals surface area contributed by atoms with Gasteiger partial charge in [-0.15, -0.1) is 17.7 Å². The molecule has 3 aromatic rings. The van der Waals surface area contributed by atoms with Gasteiger partial charge in [-0.2, -0.15) is 0 Å². The van der Waals surface area contributed by atoms with Crippen LogP contribution in [0.1, 0.15) is 0 Å². The van der Waals surface area contributed by atoms with Crippen LogP contribution in [-0.2, 0) is 0 Å². The standard InChI is InChI=1S/C18H19N3O4S/c1-22-13-7-5-12(6-8-13)21-17(19-18(26)20-21)11-9-14(23-2)16(25-4)15(10-11)24-3/h5-10H,1-4H3,(H,20,26). The van der Waals surface area contributed by atoms with Crippen LogP contribution in [0.3, 0.4) is 0 Å². The molecule has 8 heteroatoms. The maximum atomic E-state index is 5.43. The van der Waals surface area contributed by atoms with Gasteiger partial charge in [-0.25, -0.2) is 9.67 Å². The maximum Gasteiger partial charge on any atom is 0.206 e. The second kappa shape index (κ2) is 7.57. The Morgan fingerprint density at radius 3 is 1.96 bits per heavy atom. The van der Waals surface area contributed by atoms with Crippen molar-refractivity contribution < 1.29 is 18.9 Å². The summed E-state index contributed by atoms with van der Waals surface area (Å²) in [5.41, 5.74) is 1.57. The molecule has 1 aromatic heterocycles. The van der Waals surface area contributed by atoms with Gasteiger partial charge in [0.15, 0.2) is 17.3 Å². The van der Waals surface area contributed by atoms with Gasteiger partial charge < -0.3 is 18.9 Å². The highest BCUT2D eigenvalue weighted by Gasteiger charge is 2.19. The van der Waals surface area contributed by atoms with Crippen LogP contribution in [0.15, 0.2) is 41.6 Å². The molecule has 3 rings (SSSR count). The minimum absolute atomic E-state index is 0.351. The Bertz CT molecular complexity index is 884. The van der Waals surface area contributed by atoms with E-state index in [4.69, 9.17) is 18.9 Å². The van der Waals surface area contributed by atoms with Gasteiger partial charge in [0.25, 0.3) is 0 Å². The predicted molar refractivity (Wildman–Crippen MR) is 100 cm³/mol. The minimum atomic E-state index is 0.351. The number of methoxy groups -OCH3 is 4. The molecule has 1 heterocycles. The monoisotopic (exact) mass is 373 g/mol. The first-order valence-electron chi connectivity index (χ1n) is 7.72. The van der Waals surface area contributed by atoms with E-state index in [0.29, 0.717) is 28.2 Å². The molecule has 0 fully saturated rings. The van der Waals surface area contributed by atoms with Crippen LogP contribution in [-0.4, -0.2) is 43.2 Å². The normalized spacial score (nSPS) is 10.5. The summed E-state index contributed by atoms with van der Waals surface area (Å²) in [4.78, 5) is 4.44. The number of benzene rings is 2. The van der Waals surface area contributed by atoms with E-state index in [0.717, 1.165) is 17.0 Å². The lowest BCUT2D eigenvalue weighted by Gasteiger charge is -2.14. The third kappa shape index (κ3) is 3.28. The van der Waals surface area contributed by atoms with E-state index < -0.39 is 0 Å². The van der Waals surface area contributed by atoms with Crippen molar-refractivity contribution in [2.75, 3.05) is 28.4 Å². The first kappa shape index (κ1) is 17.9. The summed E-state index contributed by atoms with van der Waals surface area (Å²) < 4.78 is 23.1. The van der Waals surface area contributed by atoms with Crippen molar-refractivity contribution in [3.8, 4) is 40.1 Å². The van der Waals surface area contributed by atoms with E-state index in [-0.39, 0.29) is 0 Å². The second-order valence-electron chi connectivity index (χ2n) is 5.26. The van der Waals surface area contributed by atoms with Crippen LogP contribution >= 0.6 is 12.6 Å². The van der Waals surface area contributed by atoms with Gasteiger partial charge in [-0.3, -0.25) is 0 Å². The summed E-state index contributed by atoms with van der Waals surface area (Å²) >= 11 is 4.30. The van der Waals surface area contributed by atoms with Crippen molar-refractivity contribution in [2.45, 2.75) is 5.16 Å². The van der Waals surface area contributed by atoms with E-state index in [1.807, 2.05) is 36.4 Å². The van der Waals surface area contributed by atoms with Crippen molar-refractivity contribution >= 4 is 12.6 Å². The van der Waals surface area contributed by atoms with E-state index in [2.05, 4.69) is 22.7 Å². The molecule has 0 bridgehead atoms. The van der Waals surface area contributed by atoms with Gasteiger partial charge in [-0.1, -0.05) is 0 Å². The average molecular weight is 373 g/mol. The molecular weight excluding hydrogens is 354 g/mol. The third-order valence-electron chi connectivity index (χ3n) is 3.84. The number of rotatable bonds is 6. The predicted octanol–water partition coefficient (Wildman–Crippen LogP) is 3.26. The quantitative estimate of drug-likeness (QED) is 0.669. The number of thiol groups is 1. The summed E-state index contributed by atoms with van der Waals surface area (Å²) in [5, 5.41) is 4.73. The molecule has 0 saturated heterocycles. The van der Waals surface area contributed by atoms with Crippen LogP contribution in [0.4, 0.5) is 0 Å². The highest BCUT2D eigenvalue weighted by atomic mass is 32.1. The molecule has 0 atom stereocenters. The van der Waals surface area contributed by atoms with Crippen LogP contribution in [0.5, 0.6) is 23.0 Å². The van der Waals surface area contributed by atoms with Gasteiger partial charge in [0, 0.05) is 5.56 Å². The number of hydrogen-bond donors (Lipinski definition) is 1. The molecular formula is C18H19N3O4S. The van der Waals surface area contributed by atoms with Crippen LogP contribution in [0.25, 0.3) is 17.1 Å². The van der Waals surface area contributed by atoms with Gasteiger partial charge >= 0.3 is 0 Å². The molecule has 0 unspecified atom stereocenters. The molecule has 0 aliphatic rings. The molecule has 26 heavy (non-hydrogen) atoms. The summed E-state index contributed by atoms with van der Waals surface area (Å²) in [5.74, 6) is 2.94. The maximum absolute atomic E-state index is 5.43. The Morgan fingerprint density at radius 1 is 0.846 bits per heavy atom. The first-order valence-corrected chi connectivity index (χ1v) is 8.16. The summed E-state index contributed by atoms with van der Waals surface area (Å²) in [7, 11) is 6.32. The number of nitrogens with zero attached hydrogens (tertiary/aromatic N) is 3. The van der Waals surface area contributed by atoms with Crippen LogP contribution < -0.4 is 18.9 Å². The van der Waals surface area contributed by atoms with Crippen molar-refractivity contribution in [1.82, 2.24) is 14.8 Å². The molecule has 0 radical (unpaired) electrons. The van der Waals surface area contributed by atoms with Gasteiger partial charge in [-0.05, 0) is 36.4 Å². The fraction of sp³-hybridized carbons (Fsp3) is 0.222. The number of aromatic nitrogens is 3. The lowest BCUT2D eigenvalue weighted by Crippen LogP contribution is -2.01. The SMILES string of the molecule is COc1ccc(-n2nc(S)nc2-c2cc(OC)c(OC)c(OC)c2)cc1. The van der Waals surface area contributed by atoms with E-state index in [1.165, 1.54) is 0 Å². The fourth-order valence-corrected chi connectivity index (χ4v) is 2.79. The van der Waals surface area contributed by atoms with Gasteiger partial charge in [0.05, 0.1) is 34.1 Å². The Morgan fingerprint density at radius 2 is 1.46 bits per heavy atom. The lowest BCUT2D eigenvalue weighted by atomic mass is 10.1. The summed E-state index contributed by atoms with van der Waals surface area (Å²) in [6, 6.07) is 11.1. The zero-order valence-electron chi connectivity index (χ0n) is 14.9. The Kier molecular flexibility index (Phi) is 5.22. The van der Waals surface area contributed by atoms with Crippen LogP contribution in [0.2, 0.25) is 0 Å². The molecule has 0 spiro atoms. The van der Waals surface area contributed by atoms with Crippen molar-refractivity contribution in [1.29, 1.82) is 0 Å². The smallest absolute Gasteiger partial charge is 0.206 e. The van der Waals surface area contributed by atoms with Crippen LogP contribution in [0, 0.1) is 0 Å². The van der Waals surface area contributed by atoms with Gasteiger partial charge in [0.1, 0.15) is 5.75 Å². The molecule has 7 nitrogen and oxygen atoms in total. The van der Waals surface area contributed by atoms with E-state index in [9.17, 15) is 0 Å². The molecule has 0 amide bonds. The average Bonchev–Trinajstić information content (AvgIpc) is 3.08. The fourth-order valence-electron chi connectivity index (χ4n) is 2.60. The largest absolute Gasteiger partial charge is 0.497 e. The highest BCUT2D eigenvalue weighted by molar-refractivity contribution is 7.80. The number of hydrogen-bond acceptors (Lipinski definition) is 7. The second-order valence-corrected chi connectivity index (χ2v) is 5.66. The zero-order chi connectivity index (χ0) is 18.7. The molecule has 2 aromatic carbocycles. The lowest BCUT2D eigenvalue weighted by molar-refractivity contribution is 0.324. The molecule has 0 aliphatic carbocycles. The summed E-state index contributed by atoms with van der Waals surface area (Å²) in [6.07, 6.45) is 0. The van der Waals surface area contributed by atoms with E-state index >= 15 is 0 Å². The first-order chi connectivity index (χ1) is 12.6. The van der Waals surface area contributed by atoms with Crippen molar-refractivity contribution in [3.63, 3.8) is 0 Å². The Labute approximate surface area is 156 Å². The van der Waals surface area contributed by atoms with Crippen molar-refractivity contribution in [2.24, 2.45) is 0 Å². The molecule has 0 saturated carbocycles. The molecule has 0 aliphatic heterocycles. The topological polar surface area (TPSA) is 67.6 Å². The highest BCUT2D eigenvalue weighted by Crippen LogP contribution is 2.41. The van der Waals surface area contributed by atoms with Gasteiger partial charge in [0.2, 0.25) is 10.9 Å².